The van der Waals surface area contributed by atoms with Crippen molar-refractivity contribution in [2.75, 3.05) is 26.4 Å². The van der Waals surface area contributed by atoms with Crippen molar-refractivity contribution >= 4 is 23.9 Å². The standard InChI is InChI=1S/C20H30O4.C14H26O4/c1-3-5-7-11-15-23-19(21)17-13-9-10-14-18(17)20(22)24-16-12-8-6-4-2;1-7-17-13(15)11(9(3)4)12(10(5)6)14(16)18-8-2/h9-10,13-14H,3-8,11-12,15-16H2,1-2H3;9-12H,7-8H2,1-6H3. The lowest BCUT2D eigenvalue weighted by molar-refractivity contribution is -0.164. The van der Waals surface area contributed by atoms with E-state index in [2.05, 4.69) is 13.8 Å². The van der Waals surface area contributed by atoms with Crippen molar-refractivity contribution < 1.29 is 38.1 Å². The van der Waals surface area contributed by atoms with E-state index in [1.165, 1.54) is 0 Å². The molecule has 0 bridgehead atoms. The summed E-state index contributed by atoms with van der Waals surface area (Å²) in [6, 6.07) is 6.68. The van der Waals surface area contributed by atoms with Gasteiger partial charge in [-0.25, -0.2) is 9.59 Å². The Balaban J connectivity index is 0.000000837. The van der Waals surface area contributed by atoms with Gasteiger partial charge in [0.2, 0.25) is 0 Å². The number of hydrogen-bond donors (Lipinski definition) is 0. The molecule has 8 heteroatoms. The Morgan fingerprint density at radius 3 is 1.19 bits per heavy atom. The predicted octanol–water partition coefficient (Wildman–Crippen LogP) is 7.82. The Labute approximate surface area is 254 Å². The van der Waals surface area contributed by atoms with Crippen molar-refractivity contribution in [1.29, 1.82) is 0 Å². The summed E-state index contributed by atoms with van der Waals surface area (Å²) in [7, 11) is 0. The number of ether oxygens (including phenoxy) is 4. The number of unbranched alkanes of at least 4 members (excludes halogenated alkanes) is 6. The van der Waals surface area contributed by atoms with E-state index >= 15 is 0 Å². The summed E-state index contributed by atoms with van der Waals surface area (Å²) in [5, 5.41) is 0. The van der Waals surface area contributed by atoms with Crippen LogP contribution in [0.25, 0.3) is 0 Å². The average molecular weight is 593 g/mol. The third-order valence-corrected chi connectivity index (χ3v) is 6.77. The Morgan fingerprint density at radius 2 is 0.905 bits per heavy atom. The van der Waals surface area contributed by atoms with Gasteiger partial charge in [0.15, 0.2) is 0 Å². The van der Waals surface area contributed by atoms with Crippen molar-refractivity contribution in [3.63, 3.8) is 0 Å². The second kappa shape index (κ2) is 23.6. The molecule has 0 spiro atoms. The minimum atomic E-state index is -0.454. The summed E-state index contributed by atoms with van der Waals surface area (Å²) >= 11 is 0. The third kappa shape index (κ3) is 15.4. The molecule has 8 nitrogen and oxygen atoms in total. The van der Waals surface area contributed by atoms with Gasteiger partial charge in [-0.2, -0.15) is 0 Å². The zero-order chi connectivity index (χ0) is 31.9. The maximum atomic E-state index is 12.2. The topological polar surface area (TPSA) is 105 Å². The van der Waals surface area contributed by atoms with E-state index in [4.69, 9.17) is 18.9 Å². The largest absolute Gasteiger partial charge is 0.466 e. The molecule has 42 heavy (non-hydrogen) atoms. The molecule has 0 heterocycles. The monoisotopic (exact) mass is 592 g/mol. The maximum Gasteiger partial charge on any atom is 0.339 e. The van der Waals surface area contributed by atoms with Gasteiger partial charge < -0.3 is 18.9 Å². The zero-order valence-electron chi connectivity index (χ0n) is 27.4. The molecule has 2 atom stereocenters. The summed E-state index contributed by atoms with van der Waals surface area (Å²) in [4.78, 5) is 48.4. The van der Waals surface area contributed by atoms with Crippen LogP contribution in [0.5, 0.6) is 0 Å². The number of carbonyl (C=O) groups excluding carboxylic acids is 4. The molecule has 0 aliphatic rings. The van der Waals surface area contributed by atoms with Gasteiger partial charge in [-0.05, 0) is 50.7 Å². The molecule has 0 radical (unpaired) electrons. The molecule has 0 fully saturated rings. The first-order valence-electron chi connectivity index (χ1n) is 15.8. The highest BCUT2D eigenvalue weighted by atomic mass is 16.5. The number of hydrogen-bond acceptors (Lipinski definition) is 8. The van der Waals surface area contributed by atoms with Gasteiger partial charge in [0.25, 0.3) is 0 Å². The lowest BCUT2D eigenvalue weighted by Gasteiger charge is -2.29. The number of carbonyl (C=O) groups is 4. The Kier molecular flexibility index (Phi) is 22.0. The lowest BCUT2D eigenvalue weighted by atomic mass is 9.77. The SMILES string of the molecule is CCCCCCOC(=O)c1ccccc1C(=O)OCCCCCC.CCOC(=O)C(C(C)C)C(C(=O)OCC)C(C)C. The highest BCUT2D eigenvalue weighted by molar-refractivity contribution is 6.03. The smallest absolute Gasteiger partial charge is 0.339 e. The van der Waals surface area contributed by atoms with Gasteiger partial charge in [-0.1, -0.05) is 92.2 Å². The predicted molar refractivity (Wildman–Crippen MR) is 165 cm³/mol. The minimum Gasteiger partial charge on any atom is -0.466 e. The molecule has 0 amide bonds. The molecule has 240 valence electrons. The fourth-order valence-electron chi connectivity index (χ4n) is 4.53. The Hall–Kier alpha value is -2.90. The first kappa shape index (κ1) is 39.1. The normalized spacial score (nSPS) is 12.1. The summed E-state index contributed by atoms with van der Waals surface area (Å²) in [6.07, 6.45) is 8.35. The zero-order valence-corrected chi connectivity index (χ0v) is 27.4. The van der Waals surface area contributed by atoms with Crippen molar-refractivity contribution in [1.82, 2.24) is 0 Å². The lowest BCUT2D eigenvalue weighted by Crippen LogP contribution is -2.39. The second-order valence-electron chi connectivity index (χ2n) is 11.0. The molecule has 0 aromatic heterocycles. The molecule has 2 unspecified atom stereocenters. The van der Waals surface area contributed by atoms with Crippen LogP contribution >= 0.6 is 0 Å². The van der Waals surface area contributed by atoms with E-state index in [0.717, 1.165) is 51.4 Å². The van der Waals surface area contributed by atoms with E-state index in [-0.39, 0.29) is 34.9 Å². The summed E-state index contributed by atoms with van der Waals surface area (Å²) < 4.78 is 20.7. The molecule has 0 aliphatic carbocycles. The molecule has 1 rings (SSSR count). The van der Waals surface area contributed by atoms with Gasteiger partial charge in [0, 0.05) is 0 Å². The number of esters is 4. The van der Waals surface area contributed by atoms with Gasteiger partial charge in [-0.15, -0.1) is 0 Å². The van der Waals surface area contributed by atoms with Gasteiger partial charge in [0.05, 0.1) is 49.4 Å². The van der Waals surface area contributed by atoms with Crippen LogP contribution in [0.4, 0.5) is 0 Å². The van der Waals surface area contributed by atoms with Gasteiger partial charge >= 0.3 is 23.9 Å². The van der Waals surface area contributed by atoms with Crippen LogP contribution < -0.4 is 0 Å². The van der Waals surface area contributed by atoms with Crippen LogP contribution in [0.2, 0.25) is 0 Å². The van der Waals surface area contributed by atoms with Crippen LogP contribution in [0.15, 0.2) is 24.3 Å². The third-order valence-electron chi connectivity index (χ3n) is 6.77. The molecular weight excluding hydrogens is 536 g/mol. The Morgan fingerprint density at radius 1 is 0.548 bits per heavy atom. The van der Waals surface area contributed by atoms with E-state index in [1.54, 1.807) is 38.1 Å². The molecule has 1 aromatic rings. The van der Waals surface area contributed by atoms with E-state index < -0.39 is 23.8 Å². The van der Waals surface area contributed by atoms with Crippen LogP contribution in [0.1, 0.15) is 127 Å². The van der Waals surface area contributed by atoms with Crippen LogP contribution in [0.3, 0.4) is 0 Å². The van der Waals surface area contributed by atoms with Gasteiger partial charge in [-0.3, -0.25) is 9.59 Å². The summed E-state index contributed by atoms with van der Waals surface area (Å²) in [5.41, 5.74) is 0.568. The van der Waals surface area contributed by atoms with Gasteiger partial charge in [0.1, 0.15) is 0 Å². The van der Waals surface area contributed by atoms with Crippen molar-refractivity contribution in [3.05, 3.63) is 35.4 Å². The van der Waals surface area contributed by atoms with E-state index in [0.29, 0.717) is 26.4 Å². The maximum absolute atomic E-state index is 12.2. The minimum absolute atomic E-state index is 0.0425. The van der Waals surface area contributed by atoms with Crippen molar-refractivity contribution in [2.45, 2.75) is 107 Å². The molecule has 1 aromatic carbocycles. The molecule has 0 aliphatic heterocycles. The molecule has 0 saturated heterocycles. The molecular formula is C34H56O8. The summed E-state index contributed by atoms with van der Waals surface area (Å²) in [6.45, 7) is 16.9. The van der Waals surface area contributed by atoms with Crippen molar-refractivity contribution in [3.8, 4) is 0 Å². The van der Waals surface area contributed by atoms with E-state index in [9.17, 15) is 19.2 Å². The molecule has 0 saturated carbocycles. The van der Waals surface area contributed by atoms with Crippen LogP contribution in [-0.4, -0.2) is 50.3 Å². The van der Waals surface area contributed by atoms with E-state index in [1.807, 2.05) is 27.7 Å². The Bertz CT molecular complexity index is 836. The summed E-state index contributed by atoms with van der Waals surface area (Å²) in [5.74, 6) is -2.32. The quantitative estimate of drug-likeness (QED) is 0.0909. The van der Waals surface area contributed by atoms with Crippen LogP contribution in [-0.2, 0) is 28.5 Å². The fourth-order valence-corrected chi connectivity index (χ4v) is 4.53. The highest BCUT2D eigenvalue weighted by Gasteiger charge is 2.39. The first-order valence-corrected chi connectivity index (χ1v) is 15.8. The molecule has 0 N–H and O–H groups in total. The average Bonchev–Trinajstić information content (AvgIpc) is 2.95. The van der Waals surface area contributed by atoms with Crippen LogP contribution in [0, 0.1) is 23.7 Å². The van der Waals surface area contributed by atoms with Crippen molar-refractivity contribution in [2.24, 2.45) is 23.7 Å². The number of benzene rings is 1. The fraction of sp³-hybridized carbons (Fsp3) is 0.706. The first-order chi connectivity index (χ1) is 20.1. The second-order valence-corrected chi connectivity index (χ2v) is 11.0. The highest BCUT2D eigenvalue weighted by Crippen LogP contribution is 2.30. The number of rotatable bonds is 19.